The Bertz CT molecular complexity index is 883. The Balaban J connectivity index is 1.70. The zero-order valence-electron chi connectivity index (χ0n) is 13.5. The summed E-state index contributed by atoms with van der Waals surface area (Å²) >= 11 is 0. The molecule has 0 aliphatic rings. The molecule has 0 radical (unpaired) electrons. The van der Waals surface area contributed by atoms with E-state index >= 15 is 0 Å². The van der Waals surface area contributed by atoms with Crippen LogP contribution in [-0.4, -0.2) is 21.8 Å². The van der Waals surface area contributed by atoms with Crippen molar-refractivity contribution in [3.8, 4) is 5.75 Å². The van der Waals surface area contributed by atoms with Crippen molar-refractivity contribution in [2.45, 2.75) is 13.5 Å². The molecular weight excluding hydrogens is 302 g/mol. The average Bonchev–Trinajstić information content (AvgIpc) is 3.03. The Hall–Kier alpha value is -3.08. The smallest absolute Gasteiger partial charge is 0.251 e. The van der Waals surface area contributed by atoms with Crippen LogP contribution in [0.25, 0.3) is 5.65 Å². The van der Waals surface area contributed by atoms with Crippen LogP contribution in [0.15, 0.2) is 61.4 Å². The first-order chi connectivity index (χ1) is 11.7. The number of hydrogen-bond donors (Lipinski definition) is 1. The third-order valence-corrected chi connectivity index (χ3v) is 3.62. The van der Waals surface area contributed by atoms with Gasteiger partial charge in [0, 0.05) is 24.5 Å². The van der Waals surface area contributed by atoms with Crippen molar-refractivity contribution >= 4 is 11.6 Å². The first-order valence-corrected chi connectivity index (χ1v) is 7.72. The zero-order chi connectivity index (χ0) is 16.9. The topological polar surface area (TPSA) is 55.6 Å². The second-order valence-electron chi connectivity index (χ2n) is 5.47. The van der Waals surface area contributed by atoms with E-state index < -0.39 is 0 Å². The minimum absolute atomic E-state index is 0.149. The normalized spacial score (nSPS) is 10.5. The molecule has 122 valence electrons. The van der Waals surface area contributed by atoms with Crippen LogP contribution in [0.1, 0.15) is 21.6 Å². The Labute approximate surface area is 140 Å². The van der Waals surface area contributed by atoms with Gasteiger partial charge in [0.15, 0.2) is 0 Å². The van der Waals surface area contributed by atoms with E-state index in [9.17, 15) is 4.79 Å². The molecule has 0 atom stereocenters. The van der Waals surface area contributed by atoms with E-state index in [1.165, 1.54) is 0 Å². The maximum atomic E-state index is 12.0. The van der Waals surface area contributed by atoms with Gasteiger partial charge in [-0.05, 0) is 36.8 Å². The summed E-state index contributed by atoms with van der Waals surface area (Å²) in [6, 6.07) is 11.1. The summed E-state index contributed by atoms with van der Waals surface area (Å²) in [4.78, 5) is 16.5. The standard InChI is InChI=1S/C19H19N3O2/c1-3-9-20-19(23)15-7-4-8-17(11-15)24-13-16-12-22-10-5-6-14(2)18(22)21-16/h3-8,10-12H,1,9,13H2,2H3,(H,20,23). The number of rotatable bonds is 6. The Morgan fingerprint density at radius 3 is 3.04 bits per heavy atom. The molecule has 3 aromatic rings. The van der Waals surface area contributed by atoms with Crippen LogP contribution in [0.3, 0.4) is 0 Å². The van der Waals surface area contributed by atoms with Gasteiger partial charge in [0.2, 0.25) is 0 Å². The molecule has 0 aliphatic carbocycles. The fourth-order valence-corrected chi connectivity index (χ4v) is 2.43. The van der Waals surface area contributed by atoms with Crippen LogP contribution in [0, 0.1) is 6.92 Å². The van der Waals surface area contributed by atoms with E-state index in [2.05, 4.69) is 16.9 Å². The second-order valence-corrected chi connectivity index (χ2v) is 5.47. The molecule has 1 amide bonds. The molecular formula is C19H19N3O2. The molecule has 0 saturated heterocycles. The molecule has 0 saturated carbocycles. The molecule has 0 bridgehead atoms. The molecule has 2 aromatic heterocycles. The van der Waals surface area contributed by atoms with Gasteiger partial charge < -0.3 is 14.5 Å². The summed E-state index contributed by atoms with van der Waals surface area (Å²) < 4.78 is 7.76. The van der Waals surface area contributed by atoms with Crippen LogP contribution in [0.2, 0.25) is 0 Å². The summed E-state index contributed by atoms with van der Waals surface area (Å²) in [5, 5.41) is 2.75. The van der Waals surface area contributed by atoms with Gasteiger partial charge >= 0.3 is 0 Å². The first-order valence-electron chi connectivity index (χ1n) is 7.72. The van der Waals surface area contributed by atoms with Crippen LogP contribution < -0.4 is 10.1 Å². The summed E-state index contributed by atoms with van der Waals surface area (Å²) in [6.45, 7) is 6.39. The highest BCUT2D eigenvalue weighted by Crippen LogP contribution is 2.16. The minimum atomic E-state index is -0.149. The van der Waals surface area contributed by atoms with Crippen molar-refractivity contribution < 1.29 is 9.53 Å². The fraction of sp³-hybridized carbons (Fsp3) is 0.158. The van der Waals surface area contributed by atoms with E-state index in [4.69, 9.17) is 4.74 Å². The van der Waals surface area contributed by atoms with Crippen molar-refractivity contribution in [1.82, 2.24) is 14.7 Å². The molecule has 0 unspecified atom stereocenters. The number of fused-ring (bicyclic) bond motifs is 1. The largest absolute Gasteiger partial charge is 0.487 e. The summed E-state index contributed by atoms with van der Waals surface area (Å²) in [6.07, 6.45) is 5.55. The highest BCUT2D eigenvalue weighted by atomic mass is 16.5. The molecule has 5 heteroatoms. The van der Waals surface area contributed by atoms with Crippen LogP contribution in [0.5, 0.6) is 5.75 Å². The third-order valence-electron chi connectivity index (χ3n) is 3.62. The van der Waals surface area contributed by atoms with Gasteiger partial charge in [-0.25, -0.2) is 4.98 Å². The van der Waals surface area contributed by atoms with Gasteiger partial charge in [0.25, 0.3) is 5.91 Å². The number of aryl methyl sites for hydroxylation is 1. The highest BCUT2D eigenvalue weighted by Gasteiger charge is 2.07. The molecule has 5 nitrogen and oxygen atoms in total. The van der Waals surface area contributed by atoms with Crippen LogP contribution in [0.4, 0.5) is 0 Å². The average molecular weight is 321 g/mol. The van der Waals surface area contributed by atoms with E-state index in [-0.39, 0.29) is 5.91 Å². The molecule has 0 aliphatic heterocycles. The second kappa shape index (κ2) is 7.00. The van der Waals surface area contributed by atoms with Gasteiger partial charge in [0.05, 0.1) is 5.69 Å². The summed E-state index contributed by atoms with van der Waals surface area (Å²) in [5.41, 5.74) is 3.43. The summed E-state index contributed by atoms with van der Waals surface area (Å²) in [5.74, 6) is 0.485. The first kappa shape index (κ1) is 15.8. The molecule has 2 heterocycles. The number of pyridine rings is 1. The lowest BCUT2D eigenvalue weighted by molar-refractivity contribution is 0.0957. The Kier molecular flexibility index (Phi) is 4.61. The van der Waals surface area contributed by atoms with Gasteiger partial charge in [-0.15, -0.1) is 6.58 Å². The Morgan fingerprint density at radius 1 is 1.38 bits per heavy atom. The molecule has 3 rings (SSSR count). The van der Waals surface area contributed by atoms with Crippen molar-refractivity contribution in [1.29, 1.82) is 0 Å². The van der Waals surface area contributed by atoms with Crippen molar-refractivity contribution in [2.24, 2.45) is 0 Å². The molecule has 24 heavy (non-hydrogen) atoms. The summed E-state index contributed by atoms with van der Waals surface area (Å²) in [7, 11) is 0. The van der Waals surface area contributed by atoms with Crippen LogP contribution in [-0.2, 0) is 6.61 Å². The fourth-order valence-electron chi connectivity index (χ4n) is 2.43. The van der Waals surface area contributed by atoms with E-state index in [1.807, 2.05) is 41.9 Å². The van der Waals surface area contributed by atoms with E-state index in [0.717, 1.165) is 16.9 Å². The number of ether oxygens (including phenoxy) is 1. The lowest BCUT2D eigenvalue weighted by Crippen LogP contribution is -2.23. The number of amides is 1. The minimum Gasteiger partial charge on any atom is -0.487 e. The predicted octanol–water partition coefficient (Wildman–Crippen LogP) is 3.14. The number of nitrogens with zero attached hydrogens (tertiary/aromatic N) is 2. The van der Waals surface area contributed by atoms with E-state index in [0.29, 0.717) is 24.5 Å². The SMILES string of the molecule is C=CCNC(=O)c1cccc(OCc2cn3cccc(C)c3n2)c1. The van der Waals surface area contributed by atoms with Crippen molar-refractivity contribution in [3.63, 3.8) is 0 Å². The van der Waals surface area contributed by atoms with Gasteiger partial charge in [-0.2, -0.15) is 0 Å². The maximum Gasteiger partial charge on any atom is 0.251 e. The number of hydrogen-bond acceptors (Lipinski definition) is 3. The van der Waals surface area contributed by atoms with Gasteiger partial charge in [-0.1, -0.05) is 18.2 Å². The Morgan fingerprint density at radius 2 is 2.25 bits per heavy atom. The lowest BCUT2D eigenvalue weighted by atomic mass is 10.2. The lowest BCUT2D eigenvalue weighted by Gasteiger charge is -2.07. The predicted molar refractivity (Wildman–Crippen MR) is 93.2 cm³/mol. The molecule has 0 fully saturated rings. The third kappa shape index (κ3) is 3.46. The van der Waals surface area contributed by atoms with Crippen molar-refractivity contribution in [3.05, 3.63) is 78.3 Å². The van der Waals surface area contributed by atoms with Crippen LogP contribution >= 0.6 is 0 Å². The number of benzene rings is 1. The highest BCUT2D eigenvalue weighted by molar-refractivity contribution is 5.94. The number of carbonyl (C=O) groups excluding carboxylic acids is 1. The molecule has 1 N–H and O–H groups in total. The number of carbonyl (C=O) groups is 1. The molecule has 1 aromatic carbocycles. The van der Waals surface area contributed by atoms with Gasteiger partial charge in [-0.3, -0.25) is 4.79 Å². The zero-order valence-corrected chi connectivity index (χ0v) is 13.5. The number of aromatic nitrogens is 2. The van der Waals surface area contributed by atoms with Crippen molar-refractivity contribution in [2.75, 3.05) is 6.54 Å². The number of nitrogens with one attached hydrogen (secondary N) is 1. The molecule has 0 spiro atoms. The maximum absolute atomic E-state index is 12.0. The number of imidazole rings is 1. The van der Waals surface area contributed by atoms with E-state index in [1.54, 1.807) is 24.3 Å². The quantitative estimate of drug-likeness (QED) is 0.710. The van der Waals surface area contributed by atoms with Gasteiger partial charge in [0.1, 0.15) is 18.0 Å². The monoisotopic (exact) mass is 321 g/mol.